The fourth-order valence-electron chi connectivity index (χ4n) is 2.58. The Bertz CT molecular complexity index is 523. The number of aliphatic hydroxyl groups is 1. The van der Waals surface area contributed by atoms with E-state index in [1.165, 1.54) is 6.92 Å². The molecule has 2 atom stereocenters. The van der Waals surface area contributed by atoms with Gasteiger partial charge in [0.25, 0.3) is 0 Å². The zero-order valence-corrected chi connectivity index (χ0v) is 11.4. The van der Waals surface area contributed by atoms with E-state index in [4.69, 9.17) is 5.84 Å². The lowest BCUT2D eigenvalue weighted by Crippen LogP contribution is -2.36. The van der Waals surface area contributed by atoms with Crippen molar-refractivity contribution >= 4 is 17.5 Å². The predicted octanol–water partition coefficient (Wildman–Crippen LogP) is 0.186. The molecule has 9 nitrogen and oxygen atoms in total. The Morgan fingerprint density at radius 1 is 1.60 bits per heavy atom. The van der Waals surface area contributed by atoms with Crippen LogP contribution in [0.3, 0.4) is 0 Å². The summed E-state index contributed by atoms with van der Waals surface area (Å²) < 4.78 is 0. The maximum absolute atomic E-state index is 11.3. The number of nitrogens with zero attached hydrogens (tertiary/aromatic N) is 4. The highest BCUT2D eigenvalue weighted by molar-refractivity contribution is 5.63. The van der Waals surface area contributed by atoms with Crippen LogP contribution >= 0.6 is 0 Å². The SMILES string of the molecule is Cc1nc(NN)nc(N2CCC(C)C2CO)c1[N+](=O)[O-]. The van der Waals surface area contributed by atoms with Gasteiger partial charge in [-0.1, -0.05) is 6.92 Å². The van der Waals surface area contributed by atoms with Crippen LogP contribution in [0.25, 0.3) is 0 Å². The van der Waals surface area contributed by atoms with E-state index in [2.05, 4.69) is 15.4 Å². The minimum Gasteiger partial charge on any atom is -0.394 e. The van der Waals surface area contributed by atoms with E-state index in [0.29, 0.717) is 6.54 Å². The van der Waals surface area contributed by atoms with Gasteiger partial charge in [-0.05, 0) is 19.3 Å². The molecule has 1 aromatic heterocycles. The first-order chi connectivity index (χ1) is 9.49. The summed E-state index contributed by atoms with van der Waals surface area (Å²) in [6, 6.07) is -0.186. The second-order valence-electron chi connectivity index (χ2n) is 4.92. The molecule has 4 N–H and O–H groups in total. The van der Waals surface area contributed by atoms with Crippen LogP contribution in [0.1, 0.15) is 19.0 Å². The maximum Gasteiger partial charge on any atom is 0.332 e. The molecule has 0 aliphatic carbocycles. The van der Waals surface area contributed by atoms with E-state index in [1.807, 2.05) is 6.92 Å². The van der Waals surface area contributed by atoms with Crippen molar-refractivity contribution in [3.05, 3.63) is 15.8 Å². The molecule has 0 radical (unpaired) electrons. The fourth-order valence-corrected chi connectivity index (χ4v) is 2.58. The number of aliphatic hydroxyl groups excluding tert-OH is 1. The molecule has 0 bridgehead atoms. The van der Waals surface area contributed by atoms with Crippen molar-refractivity contribution in [1.29, 1.82) is 0 Å². The number of nitrogens with two attached hydrogens (primary N) is 1. The van der Waals surface area contributed by atoms with Crippen molar-refractivity contribution in [2.75, 3.05) is 23.5 Å². The lowest BCUT2D eigenvalue weighted by molar-refractivity contribution is -0.385. The standard InChI is InChI=1S/C11H18N6O3/c1-6-3-4-16(8(6)5-18)10-9(17(19)20)7(2)13-11(14-10)15-12/h6,8,18H,3-5,12H2,1-2H3,(H,13,14,15). The molecule has 1 aliphatic heterocycles. The largest absolute Gasteiger partial charge is 0.394 e. The molecule has 9 heteroatoms. The number of nitro groups is 1. The first-order valence-corrected chi connectivity index (χ1v) is 6.36. The monoisotopic (exact) mass is 282 g/mol. The summed E-state index contributed by atoms with van der Waals surface area (Å²) in [5, 5.41) is 20.8. The van der Waals surface area contributed by atoms with Gasteiger partial charge in [-0.25, -0.2) is 10.8 Å². The summed E-state index contributed by atoms with van der Waals surface area (Å²) in [5.74, 6) is 5.87. The Kier molecular flexibility index (Phi) is 4.00. The van der Waals surface area contributed by atoms with Gasteiger partial charge in [-0.15, -0.1) is 0 Å². The Labute approximate surface area is 115 Å². The van der Waals surface area contributed by atoms with Crippen LogP contribution in [0.2, 0.25) is 0 Å². The molecular weight excluding hydrogens is 264 g/mol. The molecule has 2 heterocycles. The number of hydrogen-bond donors (Lipinski definition) is 3. The van der Waals surface area contributed by atoms with Gasteiger partial charge in [0.1, 0.15) is 5.69 Å². The van der Waals surface area contributed by atoms with Gasteiger partial charge in [0.2, 0.25) is 11.8 Å². The summed E-state index contributed by atoms with van der Waals surface area (Å²) in [6.07, 6.45) is 0.844. The van der Waals surface area contributed by atoms with Crippen molar-refractivity contribution in [2.45, 2.75) is 26.3 Å². The Balaban J connectivity index is 2.54. The molecule has 1 aliphatic rings. The first-order valence-electron chi connectivity index (χ1n) is 6.36. The number of nitrogen functional groups attached to an aromatic ring is 1. The Morgan fingerprint density at radius 2 is 2.30 bits per heavy atom. The zero-order chi connectivity index (χ0) is 14.9. The van der Waals surface area contributed by atoms with Crippen LogP contribution < -0.4 is 16.2 Å². The normalized spacial score (nSPS) is 22.1. The van der Waals surface area contributed by atoms with Crippen LogP contribution in [0.4, 0.5) is 17.5 Å². The molecule has 0 saturated carbocycles. The molecule has 1 fully saturated rings. The second-order valence-corrected chi connectivity index (χ2v) is 4.92. The zero-order valence-electron chi connectivity index (χ0n) is 11.4. The molecule has 110 valence electrons. The minimum atomic E-state index is -0.498. The highest BCUT2D eigenvalue weighted by atomic mass is 16.6. The quantitative estimate of drug-likeness (QED) is 0.405. The highest BCUT2D eigenvalue weighted by Crippen LogP contribution is 2.36. The Morgan fingerprint density at radius 3 is 2.85 bits per heavy atom. The Hall–Kier alpha value is -2.00. The second kappa shape index (κ2) is 5.55. The predicted molar refractivity (Wildman–Crippen MR) is 73.2 cm³/mol. The number of nitrogens with one attached hydrogen (secondary N) is 1. The van der Waals surface area contributed by atoms with Gasteiger partial charge in [-0.2, -0.15) is 4.98 Å². The number of hydrogen-bond acceptors (Lipinski definition) is 8. The average molecular weight is 282 g/mol. The third-order valence-corrected chi connectivity index (χ3v) is 3.69. The van der Waals surface area contributed by atoms with E-state index in [1.54, 1.807) is 4.90 Å². The van der Waals surface area contributed by atoms with Crippen LogP contribution in [-0.4, -0.2) is 39.2 Å². The summed E-state index contributed by atoms with van der Waals surface area (Å²) >= 11 is 0. The third kappa shape index (κ3) is 2.37. The molecule has 20 heavy (non-hydrogen) atoms. The van der Waals surface area contributed by atoms with Crippen LogP contribution in [-0.2, 0) is 0 Å². The van der Waals surface area contributed by atoms with Gasteiger partial charge in [-0.3, -0.25) is 15.5 Å². The number of aromatic nitrogens is 2. The molecule has 1 aromatic rings. The summed E-state index contributed by atoms with van der Waals surface area (Å²) in [7, 11) is 0. The van der Waals surface area contributed by atoms with Crippen molar-refractivity contribution < 1.29 is 10.0 Å². The lowest BCUT2D eigenvalue weighted by Gasteiger charge is -2.26. The number of anilines is 2. The molecule has 2 rings (SSSR count). The third-order valence-electron chi connectivity index (χ3n) is 3.69. The number of rotatable bonds is 4. The summed E-state index contributed by atoms with van der Waals surface area (Å²) in [4.78, 5) is 20.6. The fraction of sp³-hybridized carbons (Fsp3) is 0.636. The number of aryl methyl sites for hydroxylation is 1. The molecule has 2 unspecified atom stereocenters. The van der Waals surface area contributed by atoms with Crippen molar-refractivity contribution in [3.8, 4) is 0 Å². The van der Waals surface area contributed by atoms with Crippen LogP contribution in [0, 0.1) is 23.0 Å². The average Bonchev–Trinajstić information content (AvgIpc) is 2.78. The van der Waals surface area contributed by atoms with Gasteiger partial charge >= 0.3 is 5.69 Å². The lowest BCUT2D eigenvalue weighted by atomic mass is 10.0. The van der Waals surface area contributed by atoms with Gasteiger partial charge in [0.15, 0.2) is 0 Å². The smallest absolute Gasteiger partial charge is 0.332 e. The van der Waals surface area contributed by atoms with E-state index in [9.17, 15) is 15.2 Å². The first kappa shape index (κ1) is 14.4. The topological polar surface area (TPSA) is 130 Å². The van der Waals surface area contributed by atoms with E-state index >= 15 is 0 Å². The number of hydrazine groups is 1. The maximum atomic E-state index is 11.3. The molecule has 0 spiro atoms. The summed E-state index contributed by atoms with van der Waals surface area (Å²) in [5.41, 5.74) is 2.41. The molecule has 1 saturated heterocycles. The van der Waals surface area contributed by atoms with Crippen LogP contribution in [0.5, 0.6) is 0 Å². The minimum absolute atomic E-state index is 0.0766. The summed E-state index contributed by atoms with van der Waals surface area (Å²) in [6.45, 7) is 4.07. The van der Waals surface area contributed by atoms with Crippen molar-refractivity contribution in [2.24, 2.45) is 11.8 Å². The van der Waals surface area contributed by atoms with Gasteiger partial charge in [0.05, 0.1) is 17.6 Å². The molecule has 0 aromatic carbocycles. The van der Waals surface area contributed by atoms with Crippen molar-refractivity contribution in [3.63, 3.8) is 0 Å². The van der Waals surface area contributed by atoms with E-state index < -0.39 is 4.92 Å². The highest BCUT2D eigenvalue weighted by Gasteiger charge is 2.36. The van der Waals surface area contributed by atoms with Crippen LogP contribution in [0.15, 0.2) is 0 Å². The van der Waals surface area contributed by atoms with E-state index in [-0.39, 0.29) is 41.7 Å². The van der Waals surface area contributed by atoms with Gasteiger partial charge < -0.3 is 10.0 Å². The van der Waals surface area contributed by atoms with E-state index in [0.717, 1.165) is 6.42 Å². The molecule has 0 amide bonds. The molecular formula is C11H18N6O3. The van der Waals surface area contributed by atoms with Crippen molar-refractivity contribution in [1.82, 2.24) is 9.97 Å². The van der Waals surface area contributed by atoms with Gasteiger partial charge in [0, 0.05) is 6.54 Å².